The summed E-state index contributed by atoms with van der Waals surface area (Å²) >= 11 is 2.15. The largest absolute Gasteiger partial charge is 0.495 e. The van der Waals surface area contributed by atoms with Crippen LogP contribution in [0.3, 0.4) is 0 Å². The summed E-state index contributed by atoms with van der Waals surface area (Å²) in [7, 11) is 1.55. The van der Waals surface area contributed by atoms with Crippen molar-refractivity contribution in [1.82, 2.24) is 9.55 Å². The Morgan fingerprint density at radius 2 is 1.93 bits per heavy atom. The van der Waals surface area contributed by atoms with E-state index in [2.05, 4.69) is 27.6 Å². The molecule has 0 aliphatic heterocycles. The zero-order valence-corrected chi connectivity index (χ0v) is 16.6. The van der Waals surface area contributed by atoms with Crippen molar-refractivity contribution in [3.63, 3.8) is 0 Å². The number of methoxy groups -OCH3 is 1. The highest BCUT2D eigenvalue weighted by Gasteiger charge is 2.17. The number of carbonyl (C=O) groups excluding carboxylic acids is 1. The highest BCUT2D eigenvalue weighted by atomic mass is 127. The van der Waals surface area contributed by atoms with Gasteiger partial charge in [0.15, 0.2) is 5.78 Å². The molecular formula is C21H15IN2O3. The monoisotopic (exact) mass is 470 g/mol. The van der Waals surface area contributed by atoms with Crippen molar-refractivity contribution in [3.05, 3.63) is 80.4 Å². The van der Waals surface area contributed by atoms with Crippen LogP contribution in [0.15, 0.2) is 65.7 Å². The van der Waals surface area contributed by atoms with Gasteiger partial charge in [-0.1, -0.05) is 30.3 Å². The van der Waals surface area contributed by atoms with Crippen LogP contribution in [0, 0.1) is 3.57 Å². The van der Waals surface area contributed by atoms with Gasteiger partial charge < -0.3 is 4.74 Å². The summed E-state index contributed by atoms with van der Waals surface area (Å²) in [5.74, 6) is 0.320. The molecule has 1 aromatic heterocycles. The Labute approximate surface area is 168 Å². The van der Waals surface area contributed by atoms with Crippen molar-refractivity contribution < 1.29 is 9.53 Å². The van der Waals surface area contributed by atoms with Crippen molar-refractivity contribution in [1.29, 1.82) is 0 Å². The third-order valence-electron chi connectivity index (χ3n) is 4.48. The minimum atomic E-state index is -0.230. The van der Waals surface area contributed by atoms with Gasteiger partial charge in [-0.2, -0.15) is 0 Å². The molecule has 0 atom stereocenters. The number of rotatable bonds is 4. The predicted molar refractivity (Wildman–Crippen MR) is 114 cm³/mol. The lowest BCUT2D eigenvalue weighted by Gasteiger charge is -2.12. The van der Waals surface area contributed by atoms with E-state index in [1.54, 1.807) is 25.3 Å². The Balaban J connectivity index is 1.77. The number of aromatic nitrogens is 2. The maximum absolute atomic E-state index is 12.9. The Hall–Kier alpha value is -2.74. The highest BCUT2D eigenvalue weighted by Crippen LogP contribution is 2.30. The molecular weight excluding hydrogens is 455 g/mol. The quantitative estimate of drug-likeness (QED) is 0.334. The molecule has 5 nitrogen and oxygen atoms in total. The summed E-state index contributed by atoms with van der Waals surface area (Å²) in [4.78, 5) is 30.0. The van der Waals surface area contributed by atoms with Gasteiger partial charge in [-0.15, -0.1) is 0 Å². The maximum atomic E-state index is 12.9. The summed E-state index contributed by atoms with van der Waals surface area (Å²) in [6.45, 7) is -0.0953. The average Bonchev–Trinajstić information content (AvgIpc) is 2.69. The molecule has 1 heterocycles. The first-order valence-electron chi connectivity index (χ1n) is 8.32. The van der Waals surface area contributed by atoms with Crippen molar-refractivity contribution in [3.8, 4) is 5.75 Å². The van der Waals surface area contributed by atoms with E-state index in [0.29, 0.717) is 22.2 Å². The molecule has 0 fully saturated rings. The smallest absolute Gasteiger partial charge is 0.261 e. The number of ketones is 1. The van der Waals surface area contributed by atoms with Gasteiger partial charge in [0.25, 0.3) is 5.56 Å². The van der Waals surface area contributed by atoms with Gasteiger partial charge in [-0.25, -0.2) is 4.98 Å². The Kier molecular flexibility index (Phi) is 4.65. The molecule has 0 spiro atoms. The van der Waals surface area contributed by atoms with Crippen LogP contribution in [0.5, 0.6) is 5.75 Å². The fourth-order valence-corrected chi connectivity index (χ4v) is 3.66. The third-order valence-corrected chi connectivity index (χ3v) is 5.16. The van der Waals surface area contributed by atoms with E-state index in [0.717, 1.165) is 14.3 Å². The summed E-state index contributed by atoms with van der Waals surface area (Å²) in [5.41, 5.74) is 0.838. The predicted octanol–water partition coefficient (Wildman–Crippen LogP) is 4.05. The summed E-state index contributed by atoms with van der Waals surface area (Å²) in [5, 5.41) is 2.36. The second-order valence-corrected chi connectivity index (χ2v) is 7.38. The maximum Gasteiger partial charge on any atom is 0.261 e. The zero-order valence-electron chi connectivity index (χ0n) is 14.5. The Morgan fingerprint density at radius 3 is 2.74 bits per heavy atom. The second-order valence-electron chi connectivity index (χ2n) is 6.13. The van der Waals surface area contributed by atoms with Gasteiger partial charge >= 0.3 is 0 Å². The molecule has 0 saturated heterocycles. The van der Waals surface area contributed by atoms with Crippen molar-refractivity contribution in [2.45, 2.75) is 6.54 Å². The van der Waals surface area contributed by atoms with Crippen LogP contribution in [-0.4, -0.2) is 22.4 Å². The second kappa shape index (κ2) is 7.11. The number of nitrogens with zero attached hydrogens (tertiary/aromatic N) is 2. The first-order valence-corrected chi connectivity index (χ1v) is 9.40. The molecule has 134 valence electrons. The fourth-order valence-electron chi connectivity index (χ4n) is 3.17. The van der Waals surface area contributed by atoms with Crippen LogP contribution >= 0.6 is 22.6 Å². The van der Waals surface area contributed by atoms with Gasteiger partial charge in [0.1, 0.15) is 5.75 Å². The minimum Gasteiger partial charge on any atom is -0.495 e. The van der Waals surface area contributed by atoms with Crippen molar-refractivity contribution in [2.24, 2.45) is 0 Å². The molecule has 6 heteroatoms. The molecule has 0 radical (unpaired) electrons. The number of Topliss-reactive ketones (excluding diaryl/α,β-unsaturated/α-hetero) is 1. The number of hydrogen-bond acceptors (Lipinski definition) is 4. The van der Waals surface area contributed by atoms with Crippen molar-refractivity contribution in [2.75, 3.05) is 7.11 Å². The van der Waals surface area contributed by atoms with Crippen LogP contribution in [0.25, 0.3) is 21.7 Å². The Morgan fingerprint density at radius 1 is 1.11 bits per heavy atom. The van der Waals surface area contributed by atoms with E-state index in [1.807, 2.05) is 36.4 Å². The first-order chi connectivity index (χ1) is 13.1. The number of halogens is 1. The summed E-state index contributed by atoms with van der Waals surface area (Å²) in [6, 6.07) is 16.8. The van der Waals surface area contributed by atoms with Gasteiger partial charge in [0, 0.05) is 8.96 Å². The van der Waals surface area contributed by atoms with E-state index in [1.165, 1.54) is 10.9 Å². The highest BCUT2D eigenvalue weighted by molar-refractivity contribution is 14.1. The zero-order chi connectivity index (χ0) is 19.0. The molecule has 4 aromatic rings. The normalized spacial score (nSPS) is 11.0. The molecule has 0 aliphatic rings. The van der Waals surface area contributed by atoms with Gasteiger partial charge in [-0.3, -0.25) is 14.2 Å². The molecule has 0 saturated carbocycles. The molecule has 0 aliphatic carbocycles. The summed E-state index contributed by atoms with van der Waals surface area (Å²) in [6.07, 6.45) is 1.42. The SMILES string of the molecule is COc1c(C(=O)Cn2cnc3ccc(I)cc3c2=O)ccc2ccccc12. The number of fused-ring (bicyclic) bond motifs is 2. The lowest BCUT2D eigenvalue weighted by molar-refractivity contribution is 0.0968. The van der Waals surface area contributed by atoms with Crippen molar-refractivity contribution >= 4 is 50.0 Å². The minimum absolute atomic E-state index is 0.0953. The third kappa shape index (κ3) is 3.21. The molecule has 27 heavy (non-hydrogen) atoms. The summed E-state index contributed by atoms with van der Waals surface area (Å²) < 4.78 is 7.80. The van der Waals surface area contributed by atoms with Crippen LogP contribution in [0.1, 0.15) is 10.4 Å². The van der Waals surface area contributed by atoms with E-state index in [9.17, 15) is 9.59 Å². The number of hydrogen-bond donors (Lipinski definition) is 0. The van der Waals surface area contributed by atoms with Crippen LogP contribution < -0.4 is 10.3 Å². The van der Waals surface area contributed by atoms with E-state index >= 15 is 0 Å². The topological polar surface area (TPSA) is 61.2 Å². The number of carbonyl (C=O) groups is 1. The van der Waals surface area contributed by atoms with Crippen LogP contribution in [0.4, 0.5) is 0 Å². The standard InChI is InChI=1S/C21H15IN2O3/c1-27-20-15-5-3-2-4-13(15)6-8-16(20)19(25)11-24-12-23-18-9-7-14(22)10-17(18)21(24)26/h2-10,12H,11H2,1H3. The van der Waals surface area contributed by atoms with E-state index < -0.39 is 0 Å². The molecule has 3 aromatic carbocycles. The average molecular weight is 470 g/mol. The van der Waals surface area contributed by atoms with Crippen LogP contribution in [-0.2, 0) is 6.54 Å². The molecule has 0 N–H and O–H groups in total. The van der Waals surface area contributed by atoms with Gasteiger partial charge in [0.05, 0.1) is 36.4 Å². The van der Waals surface area contributed by atoms with E-state index in [-0.39, 0.29) is 17.9 Å². The Bertz CT molecular complexity index is 1250. The van der Waals surface area contributed by atoms with Gasteiger partial charge in [0.2, 0.25) is 0 Å². The lowest BCUT2D eigenvalue weighted by atomic mass is 10.0. The molecule has 0 unspecified atom stereocenters. The lowest BCUT2D eigenvalue weighted by Crippen LogP contribution is -2.25. The fraction of sp³-hybridized carbons (Fsp3) is 0.0952. The molecule has 0 bridgehead atoms. The molecule has 0 amide bonds. The number of ether oxygens (including phenoxy) is 1. The van der Waals surface area contributed by atoms with Gasteiger partial charge in [-0.05, 0) is 52.2 Å². The van der Waals surface area contributed by atoms with E-state index in [4.69, 9.17) is 4.74 Å². The molecule has 4 rings (SSSR count). The first kappa shape index (κ1) is 17.7. The number of benzene rings is 3. The van der Waals surface area contributed by atoms with Crippen LogP contribution in [0.2, 0.25) is 0 Å².